The fourth-order valence-corrected chi connectivity index (χ4v) is 3.08. The summed E-state index contributed by atoms with van der Waals surface area (Å²) in [5.74, 6) is 0.778. The zero-order valence-corrected chi connectivity index (χ0v) is 13.7. The number of benzene rings is 2. The van der Waals surface area contributed by atoms with Gasteiger partial charge in [0.2, 0.25) is 0 Å². The average Bonchev–Trinajstić information content (AvgIpc) is 2.37. The highest BCUT2D eigenvalue weighted by Gasteiger charge is 2.26. The standard InChI is InChI=1S/C16H16BrClO2/c1-16(19,14-7-6-12(17)9-15(14)18)10-11-4-3-5-13(8-11)20-2/h3-9,19H,10H2,1-2H3. The number of rotatable bonds is 4. The van der Waals surface area contributed by atoms with Crippen molar-refractivity contribution in [2.45, 2.75) is 18.9 Å². The first-order valence-electron chi connectivity index (χ1n) is 6.23. The van der Waals surface area contributed by atoms with Crippen molar-refractivity contribution in [2.24, 2.45) is 0 Å². The normalized spacial score (nSPS) is 13.8. The van der Waals surface area contributed by atoms with Crippen LogP contribution in [0.1, 0.15) is 18.1 Å². The molecule has 20 heavy (non-hydrogen) atoms. The highest BCUT2D eigenvalue weighted by Crippen LogP contribution is 2.33. The van der Waals surface area contributed by atoms with Crippen molar-refractivity contribution < 1.29 is 9.84 Å². The largest absolute Gasteiger partial charge is 0.497 e. The third-order valence-corrected chi connectivity index (χ3v) is 4.00. The second-order valence-corrected chi connectivity index (χ2v) is 6.25. The van der Waals surface area contributed by atoms with E-state index in [1.54, 1.807) is 20.1 Å². The number of halogens is 2. The SMILES string of the molecule is COc1cccc(CC(C)(O)c2ccc(Br)cc2Cl)c1. The maximum absolute atomic E-state index is 10.7. The molecule has 0 saturated heterocycles. The van der Waals surface area contributed by atoms with Crippen molar-refractivity contribution in [2.75, 3.05) is 7.11 Å². The Kier molecular flexibility index (Phi) is 4.74. The highest BCUT2D eigenvalue weighted by atomic mass is 79.9. The van der Waals surface area contributed by atoms with Gasteiger partial charge in [-0.1, -0.05) is 45.7 Å². The van der Waals surface area contributed by atoms with E-state index in [2.05, 4.69) is 15.9 Å². The Hall–Kier alpha value is -1.03. The fraction of sp³-hybridized carbons (Fsp3) is 0.250. The molecule has 2 rings (SSSR count). The molecule has 1 unspecified atom stereocenters. The summed E-state index contributed by atoms with van der Waals surface area (Å²) in [5.41, 5.74) is 0.669. The monoisotopic (exact) mass is 354 g/mol. The van der Waals surface area contributed by atoms with Gasteiger partial charge in [0.05, 0.1) is 12.7 Å². The minimum Gasteiger partial charge on any atom is -0.497 e. The predicted octanol–water partition coefficient (Wildman–Crippen LogP) is 4.56. The van der Waals surface area contributed by atoms with Gasteiger partial charge in [-0.25, -0.2) is 0 Å². The molecule has 4 heteroatoms. The molecule has 1 atom stereocenters. The highest BCUT2D eigenvalue weighted by molar-refractivity contribution is 9.10. The van der Waals surface area contributed by atoms with Crippen LogP contribution in [0.25, 0.3) is 0 Å². The quantitative estimate of drug-likeness (QED) is 0.871. The van der Waals surface area contributed by atoms with Crippen LogP contribution in [0.5, 0.6) is 5.75 Å². The maximum Gasteiger partial charge on any atom is 0.119 e. The molecule has 2 aromatic carbocycles. The average molecular weight is 356 g/mol. The van der Waals surface area contributed by atoms with E-state index < -0.39 is 5.60 Å². The lowest BCUT2D eigenvalue weighted by molar-refractivity contribution is 0.0577. The Morgan fingerprint density at radius 3 is 2.65 bits per heavy atom. The van der Waals surface area contributed by atoms with Crippen molar-refractivity contribution in [3.63, 3.8) is 0 Å². The molecule has 0 spiro atoms. The maximum atomic E-state index is 10.7. The van der Waals surface area contributed by atoms with Gasteiger partial charge in [-0.05, 0) is 36.8 Å². The first-order chi connectivity index (χ1) is 9.42. The summed E-state index contributed by atoms with van der Waals surface area (Å²) in [7, 11) is 1.63. The molecule has 0 aliphatic heterocycles. The summed E-state index contributed by atoms with van der Waals surface area (Å²) in [6.45, 7) is 1.77. The molecule has 0 heterocycles. The number of hydrogen-bond acceptors (Lipinski definition) is 2. The lowest BCUT2D eigenvalue weighted by Gasteiger charge is -2.25. The molecule has 1 N–H and O–H groups in total. The number of aliphatic hydroxyl groups is 1. The van der Waals surface area contributed by atoms with Crippen LogP contribution < -0.4 is 4.74 Å². The third kappa shape index (κ3) is 3.54. The van der Waals surface area contributed by atoms with E-state index in [9.17, 15) is 5.11 Å². The van der Waals surface area contributed by atoms with Crippen molar-refractivity contribution >= 4 is 27.5 Å². The van der Waals surface area contributed by atoms with Crippen LogP contribution in [-0.2, 0) is 12.0 Å². The minimum atomic E-state index is -1.04. The number of hydrogen-bond donors (Lipinski definition) is 1. The van der Waals surface area contributed by atoms with Crippen LogP contribution in [0.15, 0.2) is 46.9 Å². The van der Waals surface area contributed by atoms with Crippen molar-refractivity contribution in [1.29, 1.82) is 0 Å². The Morgan fingerprint density at radius 1 is 1.25 bits per heavy atom. The Morgan fingerprint density at radius 2 is 2.00 bits per heavy atom. The lowest BCUT2D eigenvalue weighted by atomic mass is 9.89. The summed E-state index contributed by atoms with van der Waals surface area (Å²) in [6.07, 6.45) is 0.464. The van der Waals surface area contributed by atoms with Gasteiger partial charge in [0.25, 0.3) is 0 Å². The van der Waals surface area contributed by atoms with Crippen molar-refractivity contribution in [3.05, 3.63) is 63.1 Å². The Balaban J connectivity index is 2.30. The summed E-state index contributed by atoms with van der Waals surface area (Å²) >= 11 is 9.59. The van der Waals surface area contributed by atoms with Gasteiger partial charge < -0.3 is 9.84 Å². The van der Waals surface area contributed by atoms with Crippen LogP contribution in [0.3, 0.4) is 0 Å². The second kappa shape index (κ2) is 6.17. The molecule has 0 saturated carbocycles. The van der Waals surface area contributed by atoms with Crippen LogP contribution in [0.2, 0.25) is 5.02 Å². The molecule has 0 fully saturated rings. The molecule has 2 aromatic rings. The fourth-order valence-electron chi connectivity index (χ4n) is 2.20. The van der Waals surface area contributed by atoms with Crippen LogP contribution >= 0.6 is 27.5 Å². The van der Waals surface area contributed by atoms with Crippen LogP contribution in [0.4, 0.5) is 0 Å². The zero-order valence-electron chi connectivity index (χ0n) is 11.4. The Labute approximate surface area is 132 Å². The summed E-state index contributed by atoms with van der Waals surface area (Å²) in [6, 6.07) is 13.2. The van der Waals surface area contributed by atoms with Gasteiger partial charge in [0, 0.05) is 21.5 Å². The summed E-state index contributed by atoms with van der Waals surface area (Å²) < 4.78 is 6.09. The molecule has 0 aliphatic carbocycles. The van der Waals surface area contributed by atoms with Gasteiger partial charge in [-0.3, -0.25) is 0 Å². The Bertz CT molecular complexity index is 611. The van der Waals surface area contributed by atoms with Gasteiger partial charge in [0.1, 0.15) is 5.75 Å². The number of methoxy groups -OCH3 is 1. The minimum absolute atomic E-state index is 0.464. The molecule has 0 aromatic heterocycles. The molecule has 2 nitrogen and oxygen atoms in total. The zero-order chi connectivity index (χ0) is 14.8. The second-order valence-electron chi connectivity index (χ2n) is 4.93. The molecule has 0 aliphatic rings. The van der Waals surface area contributed by atoms with Gasteiger partial charge >= 0.3 is 0 Å². The predicted molar refractivity (Wildman–Crippen MR) is 85.4 cm³/mol. The van der Waals surface area contributed by atoms with E-state index in [1.165, 1.54) is 0 Å². The third-order valence-electron chi connectivity index (χ3n) is 3.19. The van der Waals surface area contributed by atoms with Crippen molar-refractivity contribution in [1.82, 2.24) is 0 Å². The van der Waals surface area contributed by atoms with E-state index in [4.69, 9.17) is 16.3 Å². The van der Waals surface area contributed by atoms with E-state index in [-0.39, 0.29) is 0 Å². The molecular weight excluding hydrogens is 340 g/mol. The lowest BCUT2D eigenvalue weighted by Crippen LogP contribution is -2.24. The van der Waals surface area contributed by atoms with E-state index in [0.717, 1.165) is 15.8 Å². The molecule has 106 valence electrons. The van der Waals surface area contributed by atoms with Gasteiger partial charge in [0.15, 0.2) is 0 Å². The van der Waals surface area contributed by atoms with E-state index >= 15 is 0 Å². The van der Waals surface area contributed by atoms with E-state index in [0.29, 0.717) is 17.0 Å². The topological polar surface area (TPSA) is 29.5 Å². The first-order valence-corrected chi connectivity index (χ1v) is 7.40. The molecule has 0 radical (unpaired) electrons. The van der Waals surface area contributed by atoms with Gasteiger partial charge in [-0.2, -0.15) is 0 Å². The van der Waals surface area contributed by atoms with E-state index in [1.807, 2.05) is 36.4 Å². The van der Waals surface area contributed by atoms with Gasteiger partial charge in [-0.15, -0.1) is 0 Å². The van der Waals surface area contributed by atoms with Crippen LogP contribution in [-0.4, -0.2) is 12.2 Å². The molecule has 0 bridgehead atoms. The van der Waals surface area contributed by atoms with Crippen LogP contribution in [0, 0.1) is 0 Å². The molecule has 0 amide bonds. The molecular formula is C16H16BrClO2. The first kappa shape index (κ1) is 15.4. The number of ether oxygens (including phenoxy) is 1. The smallest absolute Gasteiger partial charge is 0.119 e. The summed E-state index contributed by atoms with van der Waals surface area (Å²) in [4.78, 5) is 0. The van der Waals surface area contributed by atoms with Crippen molar-refractivity contribution in [3.8, 4) is 5.75 Å². The summed E-state index contributed by atoms with van der Waals surface area (Å²) in [5, 5.41) is 11.3.